The molecule has 0 fully saturated rings. The van der Waals surface area contributed by atoms with Crippen molar-refractivity contribution in [1.29, 1.82) is 0 Å². The summed E-state index contributed by atoms with van der Waals surface area (Å²) in [6.07, 6.45) is 1.23. The lowest BCUT2D eigenvalue weighted by Gasteiger charge is -1.99. The number of aldehydes is 1. The molecule has 2 rings (SSSR count). The summed E-state index contributed by atoms with van der Waals surface area (Å²) < 4.78 is 5.03. The molecule has 2 aromatic rings. The first-order valence-electron chi connectivity index (χ1n) is 4.67. The van der Waals surface area contributed by atoms with E-state index in [4.69, 9.17) is 27.6 Å². The maximum Gasteiger partial charge on any atom is 0.197 e. The van der Waals surface area contributed by atoms with Crippen LogP contribution in [0.4, 0.5) is 0 Å². The van der Waals surface area contributed by atoms with Crippen LogP contribution in [0.2, 0.25) is 10.2 Å². The van der Waals surface area contributed by atoms with Crippen molar-refractivity contribution in [2.45, 2.75) is 6.42 Å². The minimum Gasteiger partial charge on any atom is -0.442 e. The van der Waals surface area contributed by atoms with Gasteiger partial charge >= 0.3 is 0 Å². The SMILES string of the molecule is O=Cc1cc(Cc2cccc(Cl)c2)c(Cl)o1. The number of benzene rings is 1. The quantitative estimate of drug-likeness (QED) is 0.776. The standard InChI is InChI=1S/C12H8Cl2O2/c13-10-3-1-2-8(5-10)4-9-6-11(7-15)16-12(9)14/h1-3,5-7H,4H2. The van der Waals surface area contributed by atoms with Crippen molar-refractivity contribution in [3.8, 4) is 0 Å². The highest BCUT2D eigenvalue weighted by atomic mass is 35.5. The van der Waals surface area contributed by atoms with E-state index in [9.17, 15) is 4.79 Å². The van der Waals surface area contributed by atoms with Gasteiger partial charge in [-0.1, -0.05) is 23.7 Å². The van der Waals surface area contributed by atoms with E-state index in [0.29, 0.717) is 17.7 Å². The molecule has 1 heterocycles. The Labute approximate surface area is 103 Å². The Balaban J connectivity index is 2.26. The van der Waals surface area contributed by atoms with Crippen molar-refractivity contribution in [2.24, 2.45) is 0 Å². The van der Waals surface area contributed by atoms with Crippen LogP contribution in [0, 0.1) is 0 Å². The lowest BCUT2D eigenvalue weighted by molar-refractivity contribution is 0.110. The molecule has 1 aromatic carbocycles. The Morgan fingerprint density at radius 2 is 2.06 bits per heavy atom. The van der Waals surface area contributed by atoms with Gasteiger partial charge in [0.25, 0.3) is 0 Å². The molecule has 0 spiro atoms. The van der Waals surface area contributed by atoms with Crippen LogP contribution in [0.5, 0.6) is 0 Å². The number of hydrogen-bond donors (Lipinski definition) is 0. The van der Waals surface area contributed by atoms with Crippen LogP contribution in [-0.4, -0.2) is 6.29 Å². The van der Waals surface area contributed by atoms with E-state index in [1.54, 1.807) is 12.1 Å². The van der Waals surface area contributed by atoms with Crippen LogP contribution in [0.15, 0.2) is 34.7 Å². The Kier molecular flexibility index (Phi) is 3.32. The summed E-state index contributed by atoms with van der Waals surface area (Å²) >= 11 is 11.7. The van der Waals surface area contributed by atoms with E-state index in [-0.39, 0.29) is 11.0 Å². The van der Waals surface area contributed by atoms with Crippen molar-refractivity contribution < 1.29 is 9.21 Å². The van der Waals surface area contributed by atoms with Crippen LogP contribution in [0.3, 0.4) is 0 Å². The zero-order chi connectivity index (χ0) is 11.5. The minimum atomic E-state index is 0.238. The molecule has 16 heavy (non-hydrogen) atoms. The maximum atomic E-state index is 10.5. The molecule has 0 amide bonds. The number of carbonyl (C=O) groups is 1. The third-order valence-electron chi connectivity index (χ3n) is 2.18. The van der Waals surface area contributed by atoms with Crippen molar-refractivity contribution in [3.05, 3.63) is 57.5 Å². The van der Waals surface area contributed by atoms with E-state index < -0.39 is 0 Å². The molecule has 0 aliphatic heterocycles. The highest BCUT2D eigenvalue weighted by Gasteiger charge is 2.09. The van der Waals surface area contributed by atoms with Gasteiger partial charge in [-0.15, -0.1) is 0 Å². The lowest BCUT2D eigenvalue weighted by Crippen LogP contribution is -1.86. The van der Waals surface area contributed by atoms with Gasteiger partial charge in [-0.3, -0.25) is 4.79 Å². The highest BCUT2D eigenvalue weighted by Crippen LogP contribution is 2.23. The molecule has 2 nitrogen and oxygen atoms in total. The zero-order valence-corrected chi connectivity index (χ0v) is 9.76. The molecule has 0 radical (unpaired) electrons. The fourth-order valence-corrected chi connectivity index (χ4v) is 1.90. The number of halogens is 2. The second-order valence-corrected chi connectivity index (χ2v) is 4.15. The predicted molar refractivity (Wildman–Crippen MR) is 63.4 cm³/mol. The third-order valence-corrected chi connectivity index (χ3v) is 2.73. The van der Waals surface area contributed by atoms with Gasteiger partial charge < -0.3 is 4.42 Å². The van der Waals surface area contributed by atoms with Crippen LogP contribution in [-0.2, 0) is 6.42 Å². The molecular formula is C12H8Cl2O2. The molecule has 0 N–H and O–H groups in total. The molecule has 0 aliphatic rings. The molecule has 1 aromatic heterocycles. The molecule has 0 saturated heterocycles. The summed E-state index contributed by atoms with van der Waals surface area (Å²) in [6.45, 7) is 0. The first-order chi connectivity index (χ1) is 7.69. The molecule has 82 valence electrons. The van der Waals surface area contributed by atoms with Crippen LogP contribution in [0.1, 0.15) is 21.7 Å². The molecule has 0 bridgehead atoms. The van der Waals surface area contributed by atoms with Gasteiger partial charge in [0.15, 0.2) is 17.3 Å². The maximum absolute atomic E-state index is 10.5. The molecule has 0 atom stereocenters. The number of furan rings is 1. The first kappa shape index (κ1) is 11.2. The summed E-state index contributed by atoms with van der Waals surface area (Å²) in [5.74, 6) is 0.238. The third kappa shape index (κ3) is 2.46. The van der Waals surface area contributed by atoms with Gasteiger partial charge in [-0.05, 0) is 35.4 Å². The molecule has 4 heteroatoms. The fourth-order valence-electron chi connectivity index (χ4n) is 1.47. The normalized spacial score (nSPS) is 10.4. The van der Waals surface area contributed by atoms with Crippen LogP contribution >= 0.6 is 23.2 Å². The Bertz CT molecular complexity index is 517. The van der Waals surface area contributed by atoms with Crippen molar-refractivity contribution in [2.75, 3.05) is 0 Å². The molecule has 0 unspecified atom stereocenters. The van der Waals surface area contributed by atoms with Crippen molar-refractivity contribution in [1.82, 2.24) is 0 Å². The summed E-state index contributed by atoms with van der Waals surface area (Å²) in [5, 5.41) is 0.926. The van der Waals surface area contributed by atoms with Crippen molar-refractivity contribution in [3.63, 3.8) is 0 Å². The number of hydrogen-bond acceptors (Lipinski definition) is 2. The van der Waals surface area contributed by atoms with E-state index in [2.05, 4.69) is 0 Å². The molecular weight excluding hydrogens is 247 g/mol. The summed E-state index contributed by atoms with van der Waals surface area (Å²) in [6, 6.07) is 9.10. The monoisotopic (exact) mass is 254 g/mol. The van der Waals surface area contributed by atoms with E-state index in [1.807, 2.05) is 18.2 Å². The average molecular weight is 255 g/mol. The van der Waals surface area contributed by atoms with E-state index in [1.165, 1.54) is 0 Å². The summed E-state index contributed by atoms with van der Waals surface area (Å²) in [5.41, 5.74) is 1.80. The summed E-state index contributed by atoms with van der Waals surface area (Å²) in [7, 11) is 0. The second kappa shape index (κ2) is 4.73. The smallest absolute Gasteiger partial charge is 0.197 e. The second-order valence-electron chi connectivity index (χ2n) is 3.37. The van der Waals surface area contributed by atoms with Gasteiger partial charge in [-0.2, -0.15) is 0 Å². The molecule has 0 saturated carbocycles. The number of rotatable bonds is 3. The molecule has 0 aliphatic carbocycles. The lowest BCUT2D eigenvalue weighted by atomic mass is 10.1. The number of carbonyl (C=O) groups excluding carboxylic acids is 1. The Morgan fingerprint density at radius 3 is 2.69 bits per heavy atom. The Morgan fingerprint density at radius 1 is 1.25 bits per heavy atom. The fraction of sp³-hybridized carbons (Fsp3) is 0.0833. The Hall–Kier alpha value is -1.25. The van der Waals surface area contributed by atoms with Gasteiger partial charge in [0.05, 0.1) is 0 Å². The first-order valence-corrected chi connectivity index (χ1v) is 5.42. The predicted octanol–water partition coefficient (Wildman–Crippen LogP) is 3.99. The van der Waals surface area contributed by atoms with E-state index >= 15 is 0 Å². The van der Waals surface area contributed by atoms with Crippen LogP contribution in [0.25, 0.3) is 0 Å². The van der Waals surface area contributed by atoms with Crippen LogP contribution < -0.4 is 0 Å². The van der Waals surface area contributed by atoms with Gasteiger partial charge in [0, 0.05) is 17.0 Å². The topological polar surface area (TPSA) is 30.2 Å². The van der Waals surface area contributed by atoms with Gasteiger partial charge in [-0.25, -0.2) is 0 Å². The highest BCUT2D eigenvalue weighted by molar-refractivity contribution is 6.30. The average Bonchev–Trinajstić information content (AvgIpc) is 2.60. The largest absolute Gasteiger partial charge is 0.442 e. The zero-order valence-electron chi connectivity index (χ0n) is 8.24. The van der Waals surface area contributed by atoms with Gasteiger partial charge in [0.2, 0.25) is 0 Å². The van der Waals surface area contributed by atoms with E-state index in [0.717, 1.165) is 11.1 Å². The minimum absolute atomic E-state index is 0.238. The van der Waals surface area contributed by atoms with Gasteiger partial charge in [0.1, 0.15) is 0 Å². The van der Waals surface area contributed by atoms with Crippen molar-refractivity contribution >= 4 is 29.5 Å². The summed E-state index contributed by atoms with van der Waals surface area (Å²) in [4.78, 5) is 10.5.